The number of benzene rings is 2. The number of tetrazole rings is 1. The largest absolute Gasteiger partial charge is 0.221 e. The second-order valence-corrected chi connectivity index (χ2v) is 5.02. The Labute approximate surface area is 128 Å². The zero-order valence-electron chi connectivity index (χ0n) is 12.3. The lowest BCUT2D eigenvalue weighted by atomic mass is 10.1. The molecule has 0 fully saturated rings. The van der Waals surface area contributed by atoms with Gasteiger partial charge in [-0.05, 0) is 40.1 Å². The molecule has 0 amide bonds. The summed E-state index contributed by atoms with van der Waals surface area (Å²) >= 11 is 0. The van der Waals surface area contributed by atoms with Gasteiger partial charge in [-0.3, -0.25) is 0 Å². The molecule has 3 aromatic rings. The minimum atomic E-state index is 0.573. The zero-order chi connectivity index (χ0) is 15.4. The van der Waals surface area contributed by atoms with Gasteiger partial charge in [-0.1, -0.05) is 43.3 Å². The van der Waals surface area contributed by atoms with Crippen molar-refractivity contribution < 1.29 is 0 Å². The average molecular weight is 289 g/mol. The van der Waals surface area contributed by atoms with Crippen LogP contribution >= 0.6 is 0 Å². The van der Waals surface area contributed by atoms with Crippen molar-refractivity contribution in [1.82, 2.24) is 20.2 Å². The van der Waals surface area contributed by atoms with Crippen molar-refractivity contribution in [3.8, 4) is 17.5 Å². The minimum absolute atomic E-state index is 0.573. The molecule has 0 unspecified atom stereocenters. The Kier molecular flexibility index (Phi) is 3.92. The topological polar surface area (TPSA) is 67.4 Å². The van der Waals surface area contributed by atoms with E-state index in [0.29, 0.717) is 12.1 Å². The van der Waals surface area contributed by atoms with Crippen LogP contribution in [0.4, 0.5) is 0 Å². The lowest BCUT2D eigenvalue weighted by Crippen LogP contribution is -2.04. The zero-order valence-corrected chi connectivity index (χ0v) is 12.3. The third-order valence-corrected chi connectivity index (χ3v) is 3.57. The van der Waals surface area contributed by atoms with Gasteiger partial charge in [0.15, 0.2) is 5.82 Å². The van der Waals surface area contributed by atoms with Gasteiger partial charge in [-0.15, -0.1) is 5.10 Å². The molecule has 2 aromatic carbocycles. The lowest BCUT2D eigenvalue weighted by molar-refractivity contribution is 0.653. The van der Waals surface area contributed by atoms with Crippen LogP contribution in [0.3, 0.4) is 0 Å². The van der Waals surface area contributed by atoms with Crippen LogP contribution in [0.2, 0.25) is 0 Å². The van der Waals surface area contributed by atoms with E-state index < -0.39 is 0 Å². The molecule has 0 aliphatic heterocycles. The van der Waals surface area contributed by atoms with E-state index in [1.165, 1.54) is 5.56 Å². The van der Waals surface area contributed by atoms with Crippen LogP contribution in [0.25, 0.3) is 11.4 Å². The van der Waals surface area contributed by atoms with E-state index in [9.17, 15) is 0 Å². The highest BCUT2D eigenvalue weighted by molar-refractivity contribution is 5.55. The Hall–Kier alpha value is -3.00. The van der Waals surface area contributed by atoms with Crippen LogP contribution in [0.15, 0.2) is 48.5 Å². The molecule has 0 radical (unpaired) electrons. The minimum Gasteiger partial charge on any atom is -0.221 e. The maximum atomic E-state index is 8.83. The summed E-state index contributed by atoms with van der Waals surface area (Å²) in [6.45, 7) is 2.70. The first-order valence-corrected chi connectivity index (χ1v) is 7.14. The fraction of sp³-hybridized carbons (Fsp3) is 0.176. The first-order valence-electron chi connectivity index (χ1n) is 7.14. The molecule has 0 atom stereocenters. The number of nitriles is 1. The Balaban J connectivity index is 1.86. The summed E-state index contributed by atoms with van der Waals surface area (Å²) in [5, 5.41) is 20.8. The highest BCUT2D eigenvalue weighted by Crippen LogP contribution is 2.18. The number of nitrogens with zero attached hydrogens (tertiary/aromatic N) is 5. The fourth-order valence-electron chi connectivity index (χ4n) is 2.27. The summed E-state index contributed by atoms with van der Waals surface area (Å²) < 4.78 is 1.77. The molecule has 1 heterocycles. The maximum absolute atomic E-state index is 8.83. The van der Waals surface area contributed by atoms with Crippen molar-refractivity contribution in [2.75, 3.05) is 0 Å². The van der Waals surface area contributed by atoms with Gasteiger partial charge in [-0.25, -0.2) is 4.68 Å². The van der Waals surface area contributed by atoms with E-state index in [2.05, 4.69) is 40.7 Å². The van der Waals surface area contributed by atoms with Gasteiger partial charge < -0.3 is 0 Å². The van der Waals surface area contributed by atoms with E-state index in [1.807, 2.05) is 24.3 Å². The first-order chi connectivity index (χ1) is 10.8. The van der Waals surface area contributed by atoms with Crippen molar-refractivity contribution >= 4 is 0 Å². The van der Waals surface area contributed by atoms with E-state index in [4.69, 9.17) is 5.26 Å². The molecule has 3 rings (SSSR count). The average Bonchev–Trinajstić information content (AvgIpc) is 3.04. The second-order valence-electron chi connectivity index (χ2n) is 5.02. The van der Waals surface area contributed by atoms with Crippen LogP contribution in [0.5, 0.6) is 0 Å². The fourth-order valence-corrected chi connectivity index (χ4v) is 2.27. The molecule has 22 heavy (non-hydrogen) atoms. The Bertz CT molecular complexity index is 794. The molecule has 0 N–H and O–H groups in total. The van der Waals surface area contributed by atoms with Gasteiger partial charge in [0.25, 0.3) is 0 Å². The van der Waals surface area contributed by atoms with Gasteiger partial charge in [-0.2, -0.15) is 5.26 Å². The molecular weight excluding hydrogens is 274 g/mol. The predicted octanol–water partition coefficient (Wildman–Crippen LogP) is 2.82. The van der Waals surface area contributed by atoms with Crippen LogP contribution in [-0.4, -0.2) is 20.2 Å². The van der Waals surface area contributed by atoms with Gasteiger partial charge in [0.05, 0.1) is 18.2 Å². The molecule has 0 saturated heterocycles. The molecule has 0 bridgehead atoms. The summed E-state index contributed by atoms with van der Waals surface area (Å²) in [5.41, 5.74) is 3.99. The van der Waals surface area contributed by atoms with Gasteiger partial charge in [0.1, 0.15) is 0 Å². The number of aromatic nitrogens is 4. The number of hydrogen-bond acceptors (Lipinski definition) is 4. The Morgan fingerprint density at radius 3 is 2.32 bits per heavy atom. The first kappa shape index (κ1) is 14.0. The van der Waals surface area contributed by atoms with Gasteiger partial charge >= 0.3 is 0 Å². The summed E-state index contributed by atoms with van der Waals surface area (Å²) in [5.74, 6) is 0.743. The third-order valence-electron chi connectivity index (χ3n) is 3.57. The summed E-state index contributed by atoms with van der Waals surface area (Å²) in [7, 11) is 0. The Morgan fingerprint density at radius 1 is 1.00 bits per heavy atom. The highest BCUT2D eigenvalue weighted by Gasteiger charge is 2.09. The smallest absolute Gasteiger partial charge is 0.182 e. The molecule has 5 heteroatoms. The molecule has 0 aliphatic carbocycles. The van der Waals surface area contributed by atoms with Gasteiger partial charge in [0, 0.05) is 5.56 Å². The predicted molar refractivity (Wildman–Crippen MR) is 82.9 cm³/mol. The van der Waals surface area contributed by atoms with Crippen molar-refractivity contribution in [1.29, 1.82) is 5.26 Å². The summed E-state index contributed by atoms with van der Waals surface area (Å²) in [4.78, 5) is 0. The quantitative estimate of drug-likeness (QED) is 0.740. The SMILES string of the molecule is CCc1ccc(-c2nnnn2Cc2ccc(C#N)cc2)cc1. The summed E-state index contributed by atoms with van der Waals surface area (Å²) in [6.07, 6.45) is 1.01. The van der Waals surface area contributed by atoms with E-state index in [0.717, 1.165) is 23.4 Å². The lowest BCUT2D eigenvalue weighted by Gasteiger charge is -2.06. The van der Waals surface area contributed by atoms with Crippen molar-refractivity contribution in [3.63, 3.8) is 0 Å². The number of rotatable bonds is 4. The third kappa shape index (κ3) is 2.86. The number of aryl methyl sites for hydroxylation is 1. The molecule has 5 nitrogen and oxygen atoms in total. The summed E-state index contributed by atoms with van der Waals surface area (Å²) in [6, 6.07) is 17.8. The highest BCUT2D eigenvalue weighted by atomic mass is 15.5. The molecule has 0 saturated carbocycles. The maximum Gasteiger partial charge on any atom is 0.182 e. The van der Waals surface area contributed by atoms with Crippen LogP contribution in [-0.2, 0) is 13.0 Å². The van der Waals surface area contributed by atoms with E-state index in [1.54, 1.807) is 16.8 Å². The van der Waals surface area contributed by atoms with Crippen LogP contribution < -0.4 is 0 Å². The van der Waals surface area contributed by atoms with Crippen molar-refractivity contribution in [2.45, 2.75) is 19.9 Å². The van der Waals surface area contributed by atoms with Crippen LogP contribution in [0, 0.1) is 11.3 Å². The van der Waals surface area contributed by atoms with E-state index >= 15 is 0 Å². The standard InChI is InChI=1S/C17H15N5/c1-2-13-7-9-16(10-8-13)17-19-20-21-22(17)12-15-5-3-14(11-18)4-6-15/h3-10H,2,12H2,1H3. The van der Waals surface area contributed by atoms with Crippen LogP contribution in [0.1, 0.15) is 23.6 Å². The molecule has 0 spiro atoms. The van der Waals surface area contributed by atoms with Gasteiger partial charge in [0.2, 0.25) is 0 Å². The normalized spacial score (nSPS) is 10.4. The monoisotopic (exact) mass is 289 g/mol. The van der Waals surface area contributed by atoms with Crippen molar-refractivity contribution in [3.05, 3.63) is 65.2 Å². The Morgan fingerprint density at radius 2 is 1.68 bits per heavy atom. The van der Waals surface area contributed by atoms with E-state index in [-0.39, 0.29) is 0 Å². The number of hydrogen-bond donors (Lipinski definition) is 0. The molecule has 0 aliphatic rings. The molecule has 1 aromatic heterocycles. The molecule has 108 valence electrons. The van der Waals surface area contributed by atoms with Crippen molar-refractivity contribution in [2.24, 2.45) is 0 Å². The molecular formula is C17H15N5. The second kappa shape index (κ2) is 6.19.